The molecule has 0 bridgehead atoms. The van der Waals surface area contributed by atoms with Gasteiger partial charge < -0.3 is 13.3 Å². The van der Waals surface area contributed by atoms with Gasteiger partial charge in [-0.2, -0.15) is 13.2 Å². The Morgan fingerprint density at radius 3 is 1.92 bits per heavy atom. The van der Waals surface area contributed by atoms with E-state index in [1.54, 1.807) is 4.13 Å². The van der Waals surface area contributed by atoms with E-state index in [0.717, 1.165) is 24.1 Å². The minimum atomic E-state index is -5.92. The van der Waals surface area contributed by atoms with Crippen LogP contribution in [0.1, 0.15) is 19.3 Å². The Morgan fingerprint density at radius 1 is 1.08 bits per heavy atom. The van der Waals surface area contributed by atoms with Crippen LogP contribution >= 0.6 is 0 Å². The molecular formula is C12H23F5N2O5S2. The van der Waals surface area contributed by atoms with Crippen molar-refractivity contribution < 1.29 is 48.0 Å². The standard InChI is InChI=1S/C10H20F2NO.C2H3F3NO4S2/c1-13(5-3-2-4-6-13)7-8-14-9-10(11)12;1-11(7,8)6-12(9,10)2(3,4)5/h10H,2-9H2,1H3;1H3/q+1;-1. The Bertz CT molecular complexity index is 616. The van der Waals surface area contributed by atoms with Gasteiger partial charge in [-0.05, 0) is 19.3 Å². The largest absolute Gasteiger partial charge is 0.480 e. The maximum Gasteiger partial charge on any atom is 0.480 e. The van der Waals surface area contributed by atoms with Crippen molar-refractivity contribution in [2.75, 3.05) is 46.2 Å². The van der Waals surface area contributed by atoms with Crippen LogP contribution in [-0.4, -0.2) is 79.4 Å². The van der Waals surface area contributed by atoms with Crippen LogP contribution in [0.15, 0.2) is 0 Å². The van der Waals surface area contributed by atoms with Gasteiger partial charge in [0.2, 0.25) is 0 Å². The van der Waals surface area contributed by atoms with Gasteiger partial charge in [-0.25, -0.2) is 25.6 Å². The highest BCUT2D eigenvalue weighted by Gasteiger charge is 2.40. The van der Waals surface area contributed by atoms with E-state index in [9.17, 15) is 38.8 Å². The maximum absolute atomic E-state index is 11.8. The van der Waals surface area contributed by atoms with Crippen LogP contribution in [0.2, 0.25) is 0 Å². The first-order valence-electron chi connectivity index (χ1n) is 7.53. The third-order valence-corrected chi connectivity index (χ3v) is 5.89. The molecule has 1 saturated heterocycles. The number of alkyl halides is 5. The molecule has 0 spiro atoms. The van der Waals surface area contributed by atoms with E-state index in [0.29, 0.717) is 6.61 Å². The molecule has 1 aliphatic heterocycles. The highest BCUT2D eigenvalue weighted by molar-refractivity contribution is 8.12. The second-order valence-electron chi connectivity index (χ2n) is 6.05. The SMILES string of the molecule is CS(=O)(=O)[N-]S(=O)(=O)C(F)(F)F.C[N+]1(CCOCC(F)F)CCCCC1. The van der Waals surface area contributed by atoms with Crippen molar-refractivity contribution in [1.29, 1.82) is 0 Å². The molecule has 0 aliphatic carbocycles. The number of likely N-dealkylation sites (tertiary alicyclic amines) is 1. The molecule has 0 saturated carbocycles. The molecule has 26 heavy (non-hydrogen) atoms. The lowest BCUT2D eigenvalue weighted by Gasteiger charge is -2.37. The number of hydrogen-bond donors (Lipinski definition) is 0. The van der Waals surface area contributed by atoms with Gasteiger partial charge in [0.1, 0.15) is 13.2 Å². The average molecular weight is 434 g/mol. The van der Waals surface area contributed by atoms with Gasteiger partial charge in [-0.3, -0.25) is 0 Å². The van der Waals surface area contributed by atoms with Crippen molar-refractivity contribution in [3.05, 3.63) is 4.13 Å². The predicted molar refractivity (Wildman–Crippen MR) is 84.6 cm³/mol. The minimum absolute atomic E-state index is 0.246. The fraction of sp³-hybridized carbons (Fsp3) is 1.00. The van der Waals surface area contributed by atoms with Crippen molar-refractivity contribution in [2.24, 2.45) is 0 Å². The second kappa shape index (κ2) is 10.1. The molecule has 0 aromatic heterocycles. The summed E-state index contributed by atoms with van der Waals surface area (Å²) in [5.41, 5.74) is -5.67. The van der Waals surface area contributed by atoms with Crippen LogP contribution in [0.25, 0.3) is 4.13 Å². The van der Waals surface area contributed by atoms with Crippen LogP contribution < -0.4 is 0 Å². The van der Waals surface area contributed by atoms with Crippen LogP contribution in [0.5, 0.6) is 0 Å². The number of rotatable bonds is 7. The smallest absolute Gasteiger partial charge is 0.429 e. The lowest BCUT2D eigenvalue weighted by atomic mass is 10.1. The minimum Gasteiger partial charge on any atom is -0.429 e. The summed E-state index contributed by atoms with van der Waals surface area (Å²) in [6.45, 7) is 3.24. The fourth-order valence-corrected chi connectivity index (χ4v) is 3.94. The number of hydrogen-bond acceptors (Lipinski definition) is 5. The van der Waals surface area contributed by atoms with Crippen LogP contribution in [0.4, 0.5) is 22.0 Å². The van der Waals surface area contributed by atoms with Gasteiger partial charge in [0.25, 0.3) is 6.43 Å². The van der Waals surface area contributed by atoms with E-state index < -0.39 is 38.6 Å². The summed E-state index contributed by atoms with van der Waals surface area (Å²) in [4.78, 5) is 0. The van der Waals surface area contributed by atoms with E-state index in [4.69, 9.17) is 4.74 Å². The normalized spacial score (nSPS) is 18.3. The maximum atomic E-state index is 11.8. The van der Waals surface area contributed by atoms with Gasteiger partial charge in [0.15, 0.2) is 10.0 Å². The number of quaternary nitrogens is 1. The summed E-state index contributed by atoms with van der Waals surface area (Å²) in [6.07, 6.45) is 1.74. The summed E-state index contributed by atoms with van der Waals surface area (Å²) >= 11 is 0. The molecule has 0 unspecified atom stereocenters. The van der Waals surface area contributed by atoms with E-state index in [1.807, 2.05) is 0 Å². The number of likely N-dealkylation sites (N-methyl/N-ethyl adjacent to an activating group) is 1. The Labute approximate surface area is 150 Å². The number of sulfonamides is 2. The van der Waals surface area contributed by atoms with Gasteiger partial charge in [-0.1, -0.05) is 0 Å². The lowest BCUT2D eigenvalue weighted by molar-refractivity contribution is -0.914. The molecule has 0 N–H and O–H groups in total. The highest BCUT2D eigenvalue weighted by Crippen LogP contribution is 2.29. The van der Waals surface area contributed by atoms with E-state index >= 15 is 0 Å². The Kier molecular flexibility index (Phi) is 9.88. The summed E-state index contributed by atoms with van der Waals surface area (Å²) in [5.74, 6) is 0. The first-order chi connectivity index (χ1) is 11.6. The van der Waals surface area contributed by atoms with Crippen molar-refractivity contribution in [2.45, 2.75) is 31.2 Å². The molecule has 7 nitrogen and oxygen atoms in total. The van der Waals surface area contributed by atoms with E-state index in [1.165, 1.54) is 19.3 Å². The summed E-state index contributed by atoms with van der Waals surface area (Å²) in [7, 11) is -8.28. The topological polar surface area (TPSA) is 91.6 Å². The monoisotopic (exact) mass is 434 g/mol. The summed E-state index contributed by atoms with van der Waals surface area (Å²) in [5, 5.41) is 0. The number of ether oxygens (including phenoxy) is 1. The molecule has 0 aromatic carbocycles. The predicted octanol–water partition coefficient (Wildman–Crippen LogP) is 2.07. The van der Waals surface area contributed by atoms with Gasteiger partial charge in [0.05, 0.1) is 36.8 Å². The molecule has 1 fully saturated rings. The van der Waals surface area contributed by atoms with Crippen molar-refractivity contribution in [3.63, 3.8) is 0 Å². The third-order valence-electron chi connectivity index (χ3n) is 3.44. The Hall–Kier alpha value is -0.570. The molecule has 1 aliphatic rings. The average Bonchev–Trinajstić information content (AvgIpc) is 2.41. The molecule has 14 heteroatoms. The molecule has 0 amide bonds. The van der Waals surface area contributed by atoms with Gasteiger partial charge in [0, 0.05) is 6.26 Å². The fourth-order valence-electron chi connectivity index (χ4n) is 2.18. The highest BCUT2D eigenvalue weighted by atomic mass is 32.3. The van der Waals surface area contributed by atoms with Crippen molar-refractivity contribution >= 4 is 20.0 Å². The quantitative estimate of drug-likeness (QED) is 0.348. The van der Waals surface area contributed by atoms with Crippen LogP contribution in [0.3, 0.4) is 0 Å². The van der Waals surface area contributed by atoms with Crippen molar-refractivity contribution in [3.8, 4) is 0 Å². The van der Waals surface area contributed by atoms with Crippen LogP contribution in [0, 0.1) is 0 Å². The molecule has 1 rings (SSSR count). The first-order valence-corrected chi connectivity index (χ1v) is 10.8. The van der Waals surface area contributed by atoms with Crippen LogP contribution in [-0.2, 0) is 24.8 Å². The molecular weight excluding hydrogens is 411 g/mol. The lowest BCUT2D eigenvalue weighted by Crippen LogP contribution is -2.49. The first kappa shape index (κ1) is 25.4. The third kappa shape index (κ3) is 11.2. The molecule has 1 heterocycles. The molecule has 0 aromatic rings. The van der Waals surface area contributed by atoms with Crippen molar-refractivity contribution in [1.82, 2.24) is 0 Å². The zero-order chi connectivity index (χ0) is 20.6. The molecule has 0 radical (unpaired) electrons. The zero-order valence-corrected chi connectivity index (χ0v) is 16.0. The van der Waals surface area contributed by atoms with Gasteiger partial charge >= 0.3 is 5.51 Å². The Balaban J connectivity index is 0.000000488. The number of halogens is 5. The van der Waals surface area contributed by atoms with E-state index in [2.05, 4.69) is 7.05 Å². The zero-order valence-electron chi connectivity index (χ0n) is 14.4. The molecule has 158 valence electrons. The van der Waals surface area contributed by atoms with E-state index in [-0.39, 0.29) is 6.26 Å². The summed E-state index contributed by atoms with van der Waals surface area (Å²) in [6, 6.07) is 0. The number of nitrogens with zero attached hydrogens (tertiary/aromatic N) is 2. The number of piperidine rings is 1. The second-order valence-corrected chi connectivity index (χ2v) is 9.52. The Morgan fingerprint density at radius 2 is 1.58 bits per heavy atom. The molecule has 0 atom stereocenters. The summed E-state index contributed by atoms with van der Waals surface area (Å²) < 4.78 is 105. The van der Waals surface area contributed by atoms with Gasteiger partial charge in [-0.15, -0.1) is 0 Å².